The van der Waals surface area contributed by atoms with Crippen molar-refractivity contribution < 1.29 is 4.39 Å². The second-order valence-electron chi connectivity index (χ2n) is 5.42. The van der Waals surface area contributed by atoms with Gasteiger partial charge in [0.15, 0.2) is 0 Å². The summed E-state index contributed by atoms with van der Waals surface area (Å²) in [4.78, 5) is 0. The largest absolute Gasteiger partial charge is 0.310 e. The summed E-state index contributed by atoms with van der Waals surface area (Å²) in [5.74, 6) is 0.702. The average molecular weight is 235 g/mol. The summed E-state index contributed by atoms with van der Waals surface area (Å²) in [5, 5.41) is 3.61. The van der Waals surface area contributed by atoms with Gasteiger partial charge in [-0.25, -0.2) is 4.39 Å². The van der Waals surface area contributed by atoms with Gasteiger partial charge in [0.05, 0.1) is 0 Å². The summed E-state index contributed by atoms with van der Waals surface area (Å²) in [6, 6.07) is 5.70. The average Bonchev–Trinajstić information content (AvgIpc) is 2.28. The number of aryl methyl sites for hydroxylation is 1. The van der Waals surface area contributed by atoms with Gasteiger partial charge in [0.1, 0.15) is 5.82 Å². The van der Waals surface area contributed by atoms with Crippen LogP contribution in [0.3, 0.4) is 0 Å². The van der Waals surface area contributed by atoms with Gasteiger partial charge in [-0.2, -0.15) is 0 Å². The Kier molecular flexibility index (Phi) is 4.16. The van der Waals surface area contributed by atoms with Crippen molar-refractivity contribution in [3.63, 3.8) is 0 Å². The van der Waals surface area contributed by atoms with E-state index in [1.165, 1.54) is 31.2 Å². The SMILES string of the molecule is Cc1cc(F)ccc1CNC1CCCC(C)C1. The van der Waals surface area contributed by atoms with Gasteiger partial charge in [-0.3, -0.25) is 0 Å². The molecule has 2 unspecified atom stereocenters. The van der Waals surface area contributed by atoms with Crippen LogP contribution in [-0.2, 0) is 6.54 Å². The maximum atomic E-state index is 13.0. The molecular weight excluding hydrogens is 213 g/mol. The van der Waals surface area contributed by atoms with Crippen LogP contribution in [0.15, 0.2) is 18.2 Å². The number of halogens is 1. The van der Waals surface area contributed by atoms with Crippen molar-refractivity contribution in [1.29, 1.82) is 0 Å². The normalized spacial score (nSPS) is 24.9. The van der Waals surface area contributed by atoms with E-state index in [0.717, 1.165) is 18.0 Å². The van der Waals surface area contributed by atoms with Crippen molar-refractivity contribution in [2.24, 2.45) is 5.92 Å². The van der Waals surface area contributed by atoms with Crippen LogP contribution in [0.2, 0.25) is 0 Å². The second-order valence-corrected chi connectivity index (χ2v) is 5.42. The predicted octanol–water partition coefficient (Wildman–Crippen LogP) is 3.80. The van der Waals surface area contributed by atoms with Crippen molar-refractivity contribution in [3.8, 4) is 0 Å². The molecule has 0 aromatic heterocycles. The molecule has 0 radical (unpaired) electrons. The lowest BCUT2D eigenvalue weighted by Gasteiger charge is -2.27. The zero-order valence-electron chi connectivity index (χ0n) is 10.8. The lowest BCUT2D eigenvalue weighted by Crippen LogP contribution is -2.33. The lowest BCUT2D eigenvalue weighted by atomic mass is 9.87. The second kappa shape index (κ2) is 5.63. The molecule has 0 spiro atoms. The van der Waals surface area contributed by atoms with Crippen molar-refractivity contribution in [1.82, 2.24) is 5.32 Å². The van der Waals surface area contributed by atoms with Gasteiger partial charge >= 0.3 is 0 Å². The Balaban J connectivity index is 1.88. The molecule has 2 atom stereocenters. The van der Waals surface area contributed by atoms with Crippen LogP contribution >= 0.6 is 0 Å². The first-order valence-electron chi connectivity index (χ1n) is 6.63. The number of rotatable bonds is 3. The first kappa shape index (κ1) is 12.6. The molecule has 17 heavy (non-hydrogen) atoms. The summed E-state index contributed by atoms with van der Waals surface area (Å²) >= 11 is 0. The van der Waals surface area contributed by atoms with Crippen LogP contribution in [-0.4, -0.2) is 6.04 Å². The third-order valence-corrected chi connectivity index (χ3v) is 3.82. The number of benzene rings is 1. The summed E-state index contributed by atoms with van der Waals surface area (Å²) in [5.41, 5.74) is 2.26. The van der Waals surface area contributed by atoms with Gasteiger partial charge < -0.3 is 5.32 Å². The Morgan fingerprint density at radius 3 is 2.88 bits per heavy atom. The van der Waals surface area contributed by atoms with Crippen LogP contribution in [0.4, 0.5) is 4.39 Å². The maximum Gasteiger partial charge on any atom is 0.123 e. The molecule has 1 aliphatic rings. The molecule has 2 heteroatoms. The Labute approximate surface area is 103 Å². The zero-order valence-corrected chi connectivity index (χ0v) is 10.8. The monoisotopic (exact) mass is 235 g/mol. The van der Waals surface area contributed by atoms with E-state index in [1.54, 1.807) is 12.1 Å². The van der Waals surface area contributed by atoms with Gasteiger partial charge in [0.2, 0.25) is 0 Å². The molecule has 1 nitrogen and oxygen atoms in total. The maximum absolute atomic E-state index is 13.0. The van der Waals surface area contributed by atoms with Crippen LogP contribution < -0.4 is 5.32 Å². The Morgan fingerprint density at radius 1 is 1.35 bits per heavy atom. The van der Waals surface area contributed by atoms with Crippen LogP contribution in [0.1, 0.15) is 43.7 Å². The lowest BCUT2D eigenvalue weighted by molar-refractivity contribution is 0.300. The zero-order chi connectivity index (χ0) is 12.3. The van der Waals surface area contributed by atoms with E-state index in [0.29, 0.717) is 6.04 Å². The third-order valence-electron chi connectivity index (χ3n) is 3.82. The highest BCUT2D eigenvalue weighted by Gasteiger charge is 2.18. The van der Waals surface area contributed by atoms with Gasteiger partial charge in [0.25, 0.3) is 0 Å². The first-order chi connectivity index (χ1) is 8.15. The van der Waals surface area contributed by atoms with Crippen molar-refractivity contribution in [2.45, 2.75) is 52.1 Å². The topological polar surface area (TPSA) is 12.0 Å². The van der Waals surface area contributed by atoms with E-state index in [9.17, 15) is 4.39 Å². The van der Waals surface area contributed by atoms with E-state index >= 15 is 0 Å². The summed E-state index contributed by atoms with van der Waals surface area (Å²) < 4.78 is 13.0. The molecule has 0 heterocycles. The summed E-state index contributed by atoms with van der Waals surface area (Å²) in [6.07, 6.45) is 5.26. The highest BCUT2D eigenvalue weighted by Crippen LogP contribution is 2.23. The molecular formula is C15H22FN. The molecule has 1 aromatic carbocycles. The van der Waals surface area contributed by atoms with Gasteiger partial charge in [0, 0.05) is 12.6 Å². The number of hydrogen-bond acceptors (Lipinski definition) is 1. The molecule has 1 aliphatic carbocycles. The van der Waals surface area contributed by atoms with E-state index < -0.39 is 0 Å². The molecule has 1 fully saturated rings. The molecule has 0 amide bonds. The minimum atomic E-state index is -0.141. The number of nitrogens with one attached hydrogen (secondary N) is 1. The fraction of sp³-hybridized carbons (Fsp3) is 0.600. The van der Waals surface area contributed by atoms with E-state index in [1.807, 2.05) is 13.0 Å². The van der Waals surface area contributed by atoms with E-state index in [2.05, 4.69) is 12.2 Å². The standard InChI is InChI=1S/C15H22FN/c1-11-4-3-5-15(8-11)17-10-13-6-7-14(16)9-12(13)2/h6-7,9,11,15,17H,3-5,8,10H2,1-2H3. The Morgan fingerprint density at radius 2 is 2.18 bits per heavy atom. The third kappa shape index (κ3) is 3.53. The van der Waals surface area contributed by atoms with Crippen LogP contribution in [0.25, 0.3) is 0 Å². The molecule has 0 aliphatic heterocycles. The predicted molar refractivity (Wildman–Crippen MR) is 69.4 cm³/mol. The summed E-state index contributed by atoms with van der Waals surface area (Å²) in [6.45, 7) is 5.17. The molecule has 0 saturated heterocycles. The minimum absolute atomic E-state index is 0.141. The van der Waals surface area contributed by atoms with Gasteiger partial charge in [-0.1, -0.05) is 25.8 Å². The van der Waals surface area contributed by atoms with Gasteiger partial charge in [-0.05, 0) is 48.9 Å². The summed E-state index contributed by atoms with van der Waals surface area (Å²) in [7, 11) is 0. The smallest absolute Gasteiger partial charge is 0.123 e. The quantitative estimate of drug-likeness (QED) is 0.840. The Hall–Kier alpha value is -0.890. The van der Waals surface area contributed by atoms with Crippen LogP contribution in [0.5, 0.6) is 0 Å². The molecule has 2 rings (SSSR count). The molecule has 1 aromatic rings. The van der Waals surface area contributed by atoms with Crippen molar-refractivity contribution in [2.75, 3.05) is 0 Å². The molecule has 0 bridgehead atoms. The highest BCUT2D eigenvalue weighted by molar-refractivity contribution is 5.26. The fourth-order valence-electron chi connectivity index (χ4n) is 2.73. The molecule has 1 saturated carbocycles. The molecule has 94 valence electrons. The Bertz CT molecular complexity index is 375. The highest BCUT2D eigenvalue weighted by atomic mass is 19.1. The van der Waals surface area contributed by atoms with Crippen molar-refractivity contribution in [3.05, 3.63) is 35.1 Å². The van der Waals surface area contributed by atoms with E-state index in [-0.39, 0.29) is 5.82 Å². The minimum Gasteiger partial charge on any atom is -0.310 e. The fourth-order valence-corrected chi connectivity index (χ4v) is 2.73. The first-order valence-corrected chi connectivity index (χ1v) is 6.63. The van der Waals surface area contributed by atoms with Crippen LogP contribution in [0, 0.1) is 18.7 Å². The van der Waals surface area contributed by atoms with Gasteiger partial charge in [-0.15, -0.1) is 0 Å². The van der Waals surface area contributed by atoms with E-state index in [4.69, 9.17) is 0 Å². The molecule has 1 N–H and O–H groups in total. The number of hydrogen-bond donors (Lipinski definition) is 1. The van der Waals surface area contributed by atoms with Crippen molar-refractivity contribution >= 4 is 0 Å².